The highest BCUT2D eigenvalue weighted by atomic mass is 35.5. The lowest BCUT2D eigenvalue weighted by atomic mass is 10.1. The summed E-state index contributed by atoms with van der Waals surface area (Å²) in [5, 5.41) is 0.280. The number of carbonyl (C=O) groups is 1. The van der Waals surface area contributed by atoms with E-state index >= 15 is 0 Å². The van der Waals surface area contributed by atoms with E-state index in [1.54, 1.807) is 4.90 Å². The molecule has 1 aromatic rings. The van der Waals surface area contributed by atoms with Gasteiger partial charge in [-0.25, -0.2) is 8.42 Å². The minimum absolute atomic E-state index is 0.0806. The van der Waals surface area contributed by atoms with Gasteiger partial charge in [-0.05, 0) is 38.0 Å². The Balaban J connectivity index is 3.23. The summed E-state index contributed by atoms with van der Waals surface area (Å²) in [6.45, 7) is 6.72. The Hall–Kier alpha value is -1.07. The second-order valence-electron chi connectivity index (χ2n) is 5.52. The van der Waals surface area contributed by atoms with Gasteiger partial charge < -0.3 is 4.90 Å². The van der Waals surface area contributed by atoms with Gasteiger partial charge in [0.25, 0.3) is 5.91 Å². The van der Waals surface area contributed by atoms with Crippen molar-refractivity contribution in [2.75, 3.05) is 12.8 Å². The van der Waals surface area contributed by atoms with Gasteiger partial charge in [0, 0.05) is 18.8 Å². The summed E-state index contributed by atoms with van der Waals surface area (Å²) in [5.41, 5.74) is 0.251. The van der Waals surface area contributed by atoms with E-state index in [1.165, 1.54) is 18.2 Å². The van der Waals surface area contributed by atoms with Crippen molar-refractivity contribution in [2.24, 2.45) is 0 Å². The van der Waals surface area contributed by atoms with Crippen LogP contribution in [0, 0.1) is 0 Å². The molecule has 0 aliphatic carbocycles. The second kappa shape index (κ2) is 7.97. The average Bonchev–Trinajstić information content (AvgIpc) is 2.46. The van der Waals surface area contributed by atoms with Gasteiger partial charge in [0.1, 0.15) is 0 Å². The molecule has 0 aliphatic rings. The Morgan fingerprint density at radius 2 is 1.95 bits per heavy atom. The molecule has 0 aliphatic heterocycles. The highest BCUT2D eigenvalue weighted by molar-refractivity contribution is 7.90. The summed E-state index contributed by atoms with van der Waals surface area (Å²) in [6.07, 6.45) is 3.84. The van der Waals surface area contributed by atoms with Gasteiger partial charge in [0.05, 0.1) is 15.5 Å². The van der Waals surface area contributed by atoms with Crippen LogP contribution >= 0.6 is 11.6 Å². The Kier molecular flexibility index (Phi) is 6.88. The van der Waals surface area contributed by atoms with Crippen LogP contribution in [-0.2, 0) is 9.84 Å². The van der Waals surface area contributed by atoms with Crippen molar-refractivity contribution >= 4 is 27.3 Å². The zero-order valence-corrected chi connectivity index (χ0v) is 15.2. The number of carbonyl (C=O) groups excluding carboxylic acids is 1. The van der Waals surface area contributed by atoms with Gasteiger partial charge in [-0.15, -0.1) is 0 Å². The summed E-state index contributed by atoms with van der Waals surface area (Å²) in [5.74, 6) is -0.210. The minimum Gasteiger partial charge on any atom is -0.336 e. The SMILES string of the molecule is CCCCN(C(=O)c1cc(S(C)(=O)=O)ccc1Cl)C(C)CC. The first-order valence-electron chi connectivity index (χ1n) is 7.52. The maximum atomic E-state index is 12.8. The molecule has 0 fully saturated rings. The van der Waals surface area contributed by atoms with Crippen LogP contribution in [0.3, 0.4) is 0 Å². The molecule has 0 N–H and O–H groups in total. The lowest BCUT2D eigenvalue weighted by molar-refractivity contribution is 0.0685. The molecule has 0 radical (unpaired) electrons. The zero-order valence-electron chi connectivity index (χ0n) is 13.6. The molecule has 1 atom stereocenters. The third kappa shape index (κ3) is 4.71. The van der Waals surface area contributed by atoms with Gasteiger partial charge in [-0.2, -0.15) is 0 Å². The number of amides is 1. The zero-order chi connectivity index (χ0) is 16.9. The van der Waals surface area contributed by atoms with E-state index in [0.717, 1.165) is 25.5 Å². The maximum Gasteiger partial charge on any atom is 0.255 e. The Morgan fingerprint density at radius 1 is 1.32 bits per heavy atom. The van der Waals surface area contributed by atoms with E-state index in [4.69, 9.17) is 11.6 Å². The van der Waals surface area contributed by atoms with E-state index in [-0.39, 0.29) is 27.4 Å². The summed E-state index contributed by atoms with van der Waals surface area (Å²) in [7, 11) is -3.37. The molecule has 0 saturated heterocycles. The molecule has 1 rings (SSSR count). The third-order valence-corrected chi connectivity index (χ3v) is 5.17. The highest BCUT2D eigenvalue weighted by Crippen LogP contribution is 2.23. The monoisotopic (exact) mass is 345 g/mol. The number of halogens is 1. The fraction of sp³-hybridized carbons (Fsp3) is 0.562. The first-order chi connectivity index (χ1) is 10.2. The number of benzene rings is 1. The van der Waals surface area contributed by atoms with Crippen LogP contribution in [0.5, 0.6) is 0 Å². The summed E-state index contributed by atoms with van der Waals surface area (Å²) < 4.78 is 23.4. The van der Waals surface area contributed by atoms with E-state index in [1.807, 2.05) is 13.8 Å². The third-order valence-electron chi connectivity index (χ3n) is 3.73. The molecule has 0 bridgehead atoms. The van der Waals surface area contributed by atoms with Crippen molar-refractivity contribution in [1.82, 2.24) is 4.90 Å². The number of sulfone groups is 1. The van der Waals surface area contributed by atoms with Crippen LogP contribution in [0.25, 0.3) is 0 Å². The van der Waals surface area contributed by atoms with Gasteiger partial charge in [-0.3, -0.25) is 4.79 Å². The molecule has 0 spiro atoms. The summed E-state index contributed by atoms with van der Waals surface area (Å²) in [4.78, 5) is 14.7. The quantitative estimate of drug-likeness (QED) is 0.755. The van der Waals surface area contributed by atoms with Crippen molar-refractivity contribution in [1.29, 1.82) is 0 Å². The molecule has 6 heteroatoms. The maximum absolute atomic E-state index is 12.8. The van der Waals surface area contributed by atoms with Crippen molar-refractivity contribution in [2.45, 2.75) is 51.0 Å². The Bertz CT molecular complexity index is 628. The number of unbranched alkanes of at least 4 members (excludes halogenated alkanes) is 1. The fourth-order valence-electron chi connectivity index (χ4n) is 2.12. The predicted molar refractivity (Wildman–Crippen MR) is 90.3 cm³/mol. The van der Waals surface area contributed by atoms with Crippen LogP contribution in [0.4, 0.5) is 0 Å². The second-order valence-corrected chi connectivity index (χ2v) is 7.95. The molecular weight excluding hydrogens is 322 g/mol. The molecule has 1 aromatic carbocycles. The number of hydrogen-bond donors (Lipinski definition) is 0. The van der Waals surface area contributed by atoms with Crippen molar-refractivity contribution in [3.05, 3.63) is 28.8 Å². The highest BCUT2D eigenvalue weighted by Gasteiger charge is 2.23. The normalized spacial score (nSPS) is 13.0. The Morgan fingerprint density at radius 3 is 2.45 bits per heavy atom. The number of hydrogen-bond acceptors (Lipinski definition) is 3. The molecule has 1 unspecified atom stereocenters. The molecule has 124 valence electrons. The smallest absolute Gasteiger partial charge is 0.255 e. The number of rotatable bonds is 7. The first-order valence-corrected chi connectivity index (χ1v) is 9.79. The van der Waals surface area contributed by atoms with E-state index in [0.29, 0.717) is 6.54 Å². The molecule has 0 saturated carbocycles. The predicted octanol–water partition coefficient (Wildman–Crippen LogP) is 3.78. The van der Waals surface area contributed by atoms with Crippen LogP contribution in [-0.4, -0.2) is 38.1 Å². The molecule has 1 amide bonds. The topological polar surface area (TPSA) is 54.5 Å². The summed E-state index contributed by atoms with van der Waals surface area (Å²) in [6, 6.07) is 4.35. The van der Waals surface area contributed by atoms with Crippen LogP contribution in [0.2, 0.25) is 5.02 Å². The molecule has 4 nitrogen and oxygen atoms in total. The van der Waals surface area contributed by atoms with E-state index in [2.05, 4.69) is 6.92 Å². The minimum atomic E-state index is -3.37. The van der Waals surface area contributed by atoms with E-state index < -0.39 is 9.84 Å². The lowest BCUT2D eigenvalue weighted by Crippen LogP contribution is -2.39. The Labute approximate surface area is 138 Å². The fourth-order valence-corrected chi connectivity index (χ4v) is 2.97. The van der Waals surface area contributed by atoms with Gasteiger partial charge in [0.2, 0.25) is 0 Å². The van der Waals surface area contributed by atoms with E-state index in [9.17, 15) is 13.2 Å². The average molecular weight is 346 g/mol. The van der Waals surface area contributed by atoms with Crippen LogP contribution in [0.15, 0.2) is 23.1 Å². The first kappa shape index (κ1) is 19.0. The summed E-state index contributed by atoms with van der Waals surface area (Å²) >= 11 is 6.12. The molecule has 0 aromatic heterocycles. The van der Waals surface area contributed by atoms with Crippen LogP contribution < -0.4 is 0 Å². The van der Waals surface area contributed by atoms with Crippen molar-refractivity contribution < 1.29 is 13.2 Å². The number of nitrogens with zero attached hydrogens (tertiary/aromatic N) is 1. The van der Waals surface area contributed by atoms with Gasteiger partial charge >= 0.3 is 0 Å². The van der Waals surface area contributed by atoms with Crippen LogP contribution in [0.1, 0.15) is 50.4 Å². The standard InChI is InChI=1S/C16H24ClNO3S/c1-5-7-10-18(12(3)6-2)16(19)14-11-13(22(4,20)21)8-9-15(14)17/h8-9,11-12H,5-7,10H2,1-4H3. The molecular formula is C16H24ClNO3S. The molecule has 0 heterocycles. The van der Waals surface area contributed by atoms with Gasteiger partial charge in [-0.1, -0.05) is 31.9 Å². The van der Waals surface area contributed by atoms with Crippen molar-refractivity contribution in [3.8, 4) is 0 Å². The largest absolute Gasteiger partial charge is 0.336 e. The molecule has 22 heavy (non-hydrogen) atoms. The van der Waals surface area contributed by atoms with Gasteiger partial charge in [0.15, 0.2) is 9.84 Å². The lowest BCUT2D eigenvalue weighted by Gasteiger charge is -2.29. The van der Waals surface area contributed by atoms with Crippen molar-refractivity contribution in [3.63, 3.8) is 0 Å².